The molecule has 3 N–H and O–H groups in total. The number of aromatic nitrogens is 2. The summed E-state index contributed by atoms with van der Waals surface area (Å²) in [5.41, 5.74) is 5.48. The third-order valence-electron chi connectivity index (χ3n) is 3.62. The summed E-state index contributed by atoms with van der Waals surface area (Å²) >= 11 is 1.39. The quantitative estimate of drug-likeness (QED) is 0.692. The van der Waals surface area contributed by atoms with Crippen LogP contribution in [-0.2, 0) is 21.1 Å². The molecule has 3 heterocycles. The molecule has 0 aromatic carbocycles. The maximum atomic E-state index is 12.3. The molecular weight excluding hydrogens is 334 g/mol. The molecule has 1 aromatic rings. The summed E-state index contributed by atoms with van der Waals surface area (Å²) in [5.74, 6) is 0. The van der Waals surface area contributed by atoms with Crippen molar-refractivity contribution in [3.8, 4) is 0 Å². The number of urea groups is 1. The average Bonchev–Trinajstić information content (AvgIpc) is 2.99. The van der Waals surface area contributed by atoms with Crippen LogP contribution in [0.2, 0.25) is 0 Å². The smallest absolute Gasteiger partial charge is 0.330 e. The largest absolute Gasteiger partial charge is 0.418 e. The summed E-state index contributed by atoms with van der Waals surface area (Å²) in [6.45, 7) is 0.796. The fourth-order valence-electron chi connectivity index (χ4n) is 2.71. The van der Waals surface area contributed by atoms with Gasteiger partial charge in [-0.1, -0.05) is 11.3 Å². The van der Waals surface area contributed by atoms with Crippen LogP contribution in [0.4, 0.5) is 4.79 Å². The molecule has 2 amide bonds. The molecule has 2 aliphatic rings. The van der Waals surface area contributed by atoms with Crippen LogP contribution in [0.25, 0.3) is 0 Å². The highest BCUT2D eigenvalue weighted by atomic mass is 32.3. The molecule has 22 heavy (non-hydrogen) atoms. The van der Waals surface area contributed by atoms with E-state index in [1.54, 1.807) is 0 Å². The van der Waals surface area contributed by atoms with Crippen molar-refractivity contribution >= 4 is 27.8 Å². The zero-order chi connectivity index (χ0) is 15.9. The number of nitrogens with two attached hydrogens (primary N) is 1. The Bertz CT molecular complexity index is 677. The minimum Gasteiger partial charge on any atom is -0.330 e. The molecular formula is C10H15N5O5S2. The Morgan fingerprint density at radius 1 is 1.41 bits per heavy atom. The molecule has 10 nitrogen and oxygen atoms in total. The van der Waals surface area contributed by atoms with Gasteiger partial charge in [-0.05, 0) is 19.4 Å². The molecule has 122 valence electrons. The minimum atomic E-state index is -4.73. The third-order valence-corrected chi connectivity index (χ3v) is 5.06. The normalized spacial score (nSPS) is 25.1. The van der Waals surface area contributed by atoms with Crippen molar-refractivity contribution < 1.29 is 22.0 Å². The van der Waals surface area contributed by atoms with Crippen LogP contribution in [0.3, 0.4) is 0 Å². The number of hydrogen-bond acceptors (Lipinski definition) is 8. The highest BCUT2D eigenvalue weighted by molar-refractivity contribution is 7.80. The van der Waals surface area contributed by atoms with Gasteiger partial charge in [-0.2, -0.15) is 13.5 Å². The number of carbonyl (C=O) groups is 1. The van der Waals surface area contributed by atoms with Crippen LogP contribution in [0.5, 0.6) is 0 Å². The topological polar surface area (TPSA) is 139 Å². The van der Waals surface area contributed by atoms with Crippen molar-refractivity contribution in [1.29, 1.82) is 0 Å². The molecule has 0 spiro atoms. The van der Waals surface area contributed by atoms with Gasteiger partial charge < -0.3 is 10.6 Å². The van der Waals surface area contributed by atoms with Crippen LogP contribution in [0.1, 0.15) is 28.9 Å². The van der Waals surface area contributed by atoms with Gasteiger partial charge in [-0.25, -0.2) is 4.79 Å². The first kappa shape index (κ1) is 15.6. The summed E-state index contributed by atoms with van der Waals surface area (Å²) < 4.78 is 34.8. The zero-order valence-corrected chi connectivity index (χ0v) is 13.1. The molecule has 2 atom stereocenters. The molecule has 2 bridgehead atoms. The predicted molar refractivity (Wildman–Crippen MR) is 75.0 cm³/mol. The van der Waals surface area contributed by atoms with E-state index in [0.717, 1.165) is 10.1 Å². The fraction of sp³-hybridized carbons (Fsp3) is 0.700. The van der Waals surface area contributed by atoms with E-state index >= 15 is 0 Å². The Balaban J connectivity index is 1.79. The number of piperidine rings is 1. The van der Waals surface area contributed by atoms with E-state index in [2.05, 4.69) is 14.5 Å². The molecule has 2 unspecified atom stereocenters. The van der Waals surface area contributed by atoms with Gasteiger partial charge in [0.2, 0.25) is 0 Å². The second-order valence-electron chi connectivity index (χ2n) is 5.08. The molecule has 3 rings (SSSR count). The molecule has 12 heteroatoms. The van der Waals surface area contributed by atoms with Gasteiger partial charge in [-0.3, -0.25) is 4.55 Å². The van der Waals surface area contributed by atoms with Gasteiger partial charge in [0, 0.05) is 13.0 Å². The molecule has 0 saturated carbocycles. The second-order valence-corrected chi connectivity index (χ2v) is 7.18. The molecule has 0 radical (unpaired) electrons. The van der Waals surface area contributed by atoms with Crippen LogP contribution in [-0.4, -0.2) is 58.3 Å². The zero-order valence-electron chi connectivity index (χ0n) is 11.5. The highest BCUT2D eigenvalue weighted by Gasteiger charge is 2.48. The minimum absolute atomic E-state index is 0.261. The van der Waals surface area contributed by atoms with Crippen molar-refractivity contribution in [3.05, 3.63) is 10.0 Å². The summed E-state index contributed by atoms with van der Waals surface area (Å²) in [7, 11) is -4.73. The first-order valence-electron chi connectivity index (χ1n) is 6.68. The number of carbonyl (C=O) groups excluding carboxylic acids is 1. The first-order valence-corrected chi connectivity index (χ1v) is 8.86. The van der Waals surface area contributed by atoms with Gasteiger partial charge >= 0.3 is 16.4 Å². The van der Waals surface area contributed by atoms with Crippen LogP contribution in [0, 0.1) is 0 Å². The second kappa shape index (κ2) is 5.70. The Morgan fingerprint density at radius 3 is 2.86 bits per heavy atom. The molecule has 2 fully saturated rings. The van der Waals surface area contributed by atoms with E-state index in [0.29, 0.717) is 37.4 Å². The summed E-state index contributed by atoms with van der Waals surface area (Å²) in [6, 6.07) is -1.26. The Labute approximate surface area is 130 Å². The highest BCUT2D eigenvalue weighted by Crippen LogP contribution is 2.39. The third kappa shape index (κ3) is 2.92. The number of nitrogens with zero attached hydrogens (tertiary/aromatic N) is 4. The van der Waals surface area contributed by atoms with Gasteiger partial charge in [-0.15, -0.1) is 14.5 Å². The monoisotopic (exact) mass is 349 g/mol. The van der Waals surface area contributed by atoms with E-state index in [4.69, 9.17) is 10.3 Å². The van der Waals surface area contributed by atoms with Crippen LogP contribution >= 0.6 is 11.3 Å². The summed E-state index contributed by atoms with van der Waals surface area (Å²) in [4.78, 5) is 13.8. The van der Waals surface area contributed by atoms with Gasteiger partial charge in [0.15, 0.2) is 0 Å². The number of fused-ring (bicyclic) bond motifs is 2. The van der Waals surface area contributed by atoms with E-state index in [9.17, 15) is 13.2 Å². The Morgan fingerprint density at radius 2 is 2.18 bits per heavy atom. The predicted octanol–water partition coefficient (Wildman–Crippen LogP) is -0.285. The molecule has 1 aromatic heterocycles. The van der Waals surface area contributed by atoms with Crippen molar-refractivity contribution in [2.75, 3.05) is 13.1 Å². The van der Waals surface area contributed by atoms with Crippen molar-refractivity contribution in [3.63, 3.8) is 0 Å². The molecule has 2 saturated heterocycles. The number of amides is 2. The first-order chi connectivity index (χ1) is 10.4. The summed E-state index contributed by atoms with van der Waals surface area (Å²) in [6.07, 6.45) is 1.80. The molecule has 2 aliphatic heterocycles. The van der Waals surface area contributed by atoms with Gasteiger partial charge in [0.1, 0.15) is 10.0 Å². The lowest BCUT2D eigenvalue weighted by molar-refractivity contribution is -0.0317. The van der Waals surface area contributed by atoms with E-state index in [1.165, 1.54) is 16.2 Å². The SMILES string of the molecule is NCCc1nnc(C2CCC3CN2C(=O)N3OS(=O)(=O)O)s1. The van der Waals surface area contributed by atoms with E-state index in [1.807, 2.05) is 0 Å². The van der Waals surface area contributed by atoms with Crippen molar-refractivity contribution in [1.82, 2.24) is 20.2 Å². The average molecular weight is 349 g/mol. The Hall–Kier alpha value is -1.34. The maximum Gasteiger partial charge on any atom is 0.418 e. The fourth-order valence-corrected chi connectivity index (χ4v) is 4.11. The van der Waals surface area contributed by atoms with Crippen molar-refractivity contribution in [2.45, 2.75) is 31.3 Å². The van der Waals surface area contributed by atoms with Crippen LogP contribution in [0.15, 0.2) is 0 Å². The lowest BCUT2D eigenvalue weighted by Gasteiger charge is -2.28. The lowest BCUT2D eigenvalue weighted by atomic mass is 10.0. The van der Waals surface area contributed by atoms with E-state index < -0.39 is 22.5 Å². The number of hydrogen-bond donors (Lipinski definition) is 2. The molecule has 0 aliphatic carbocycles. The van der Waals surface area contributed by atoms with Gasteiger partial charge in [0.25, 0.3) is 0 Å². The van der Waals surface area contributed by atoms with Crippen LogP contribution < -0.4 is 5.73 Å². The number of hydroxylamine groups is 2. The summed E-state index contributed by atoms with van der Waals surface area (Å²) in [5, 5.41) is 10.4. The number of rotatable bonds is 5. The Kier molecular flexibility index (Phi) is 4.03. The maximum absolute atomic E-state index is 12.3. The van der Waals surface area contributed by atoms with E-state index in [-0.39, 0.29) is 6.04 Å². The lowest BCUT2D eigenvalue weighted by Crippen LogP contribution is -2.35. The van der Waals surface area contributed by atoms with Gasteiger partial charge in [0.05, 0.1) is 12.1 Å². The van der Waals surface area contributed by atoms with Crippen molar-refractivity contribution in [2.24, 2.45) is 5.73 Å². The standard InChI is InChI=1S/C10H15N5O5S2/c11-4-3-8-12-13-9(21-8)7-2-1-6-5-14(7)10(16)15(6)20-22(17,18)19/h6-7H,1-5,11H2,(H,17,18,19).